The lowest BCUT2D eigenvalue weighted by molar-refractivity contribution is -0.138. The zero-order valence-corrected chi connectivity index (χ0v) is 17.5. The fourth-order valence-electron chi connectivity index (χ4n) is 3.83. The SMILES string of the molecule is COC(=O)C1=C(C)N(c2ccc(F)cc2)C(=O)CC1C(=O)Nc1ccc2c(c1)OCCO2. The standard InChI is InChI=1S/C23H21FN2O6/c1-13-21(23(29)30-2)17(12-20(27)26(13)16-6-3-14(24)4-7-16)22(28)25-15-5-8-18-19(11-15)32-10-9-31-18/h3-8,11,17H,9-10,12H2,1-2H3,(H,25,28). The number of hydrogen-bond donors (Lipinski definition) is 1. The van der Waals surface area contributed by atoms with E-state index >= 15 is 0 Å². The van der Waals surface area contributed by atoms with Crippen LogP contribution in [0.25, 0.3) is 0 Å². The maximum Gasteiger partial charge on any atom is 0.336 e. The molecule has 0 fully saturated rings. The number of amides is 2. The molecule has 1 N–H and O–H groups in total. The monoisotopic (exact) mass is 440 g/mol. The molecule has 2 heterocycles. The van der Waals surface area contributed by atoms with Crippen molar-refractivity contribution in [3.05, 3.63) is 59.6 Å². The van der Waals surface area contributed by atoms with Gasteiger partial charge in [-0.15, -0.1) is 0 Å². The molecule has 32 heavy (non-hydrogen) atoms. The van der Waals surface area contributed by atoms with Crippen LogP contribution in [0.1, 0.15) is 13.3 Å². The number of fused-ring (bicyclic) bond motifs is 1. The van der Waals surface area contributed by atoms with Gasteiger partial charge in [-0.3, -0.25) is 14.5 Å². The van der Waals surface area contributed by atoms with Crippen LogP contribution in [0.3, 0.4) is 0 Å². The first-order valence-electron chi connectivity index (χ1n) is 9.97. The quantitative estimate of drug-likeness (QED) is 0.735. The highest BCUT2D eigenvalue weighted by molar-refractivity contribution is 6.10. The number of methoxy groups -OCH3 is 1. The summed E-state index contributed by atoms with van der Waals surface area (Å²) in [5.74, 6) is -2.09. The minimum atomic E-state index is -1.06. The van der Waals surface area contributed by atoms with Gasteiger partial charge >= 0.3 is 5.97 Å². The van der Waals surface area contributed by atoms with Gasteiger partial charge in [0.1, 0.15) is 19.0 Å². The molecular weight excluding hydrogens is 419 g/mol. The number of halogens is 1. The molecule has 2 aromatic carbocycles. The molecule has 2 aromatic rings. The molecule has 0 saturated heterocycles. The predicted molar refractivity (Wildman–Crippen MR) is 113 cm³/mol. The number of benzene rings is 2. The average molecular weight is 440 g/mol. The second-order valence-electron chi connectivity index (χ2n) is 7.30. The zero-order chi connectivity index (χ0) is 22.8. The number of allylic oxidation sites excluding steroid dienone is 1. The van der Waals surface area contributed by atoms with Crippen molar-refractivity contribution in [1.29, 1.82) is 0 Å². The lowest BCUT2D eigenvalue weighted by atomic mass is 9.88. The Morgan fingerprint density at radius 2 is 1.78 bits per heavy atom. The van der Waals surface area contributed by atoms with E-state index in [0.29, 0.717) is 36.1 Å². The van der Waals surface area contributed by atoms with Crippen LogP contribution in [0.5, 0.6) is 11.5 Å². The molecule has 9 heteroatoms. The van der Waals surface area contributed by atoms with Crippen LogP contribution in [-0.4, -0.2) is 38.1 Å². The fraction of sp³-hybridized carbons (Fsp3) is 0.261. The van der Waals surface area contributed by atoms with E-state index in [9.17, 15) is 18.8 Å². The first-order valence-corrected chi connectivity index (χ1v) is 9.97. The molecule has 166 valence electrons. The second kappa shape index (κ2) is 8.70. The average Bonchev–Trinajstić information content (AvgIpc) is 2.79. The molecule has 0 aromatic heterocycles. The van der Waals surface area contributed by atoms with Crippen LogP contribution in [0.15, 0.2) is 53.7 Å². The molecule has 2 amide bonds. The third-order valence-electron chi connectivity index (χ3n) is 5.32. The number of ether oxygens (including phenoxy) is 3. The summed E-state index contributed by atoms with van der Waals surface area (Å²) in [6, 6.07) is 10.2. The summed E-state index contributed by atoms with van der Waals surface area (Å²) in [7, 11) is 1.21. The van der Waals surface area contributed by atoms with Gasteiger partial charge in [0.15, 0.2) is 11.5 Å². The number of carbonyl (C=O) groups is 3. The van der Waals surface area contributed by atoms with Crippen molar-refractivity contribution in [2.24, 2.45) is 5.92 Å². The van der Waals surface area contributed by atoms with E-state index < -0.39 is 29.5 Å². The maximum atomic E-state index is 13.3. The normalized spacial score (nSPS) is 17.8. The smallest absolute Gasteiger partial charge is 0.336 e. The number of nitrogens with one attached hydrogen (secondary N) is 1. The largest absolute Gasteiger partial charge is 0.486 e. The fourth-order valence-corrected chi connectivity index (χ4v) is 3.83. The zero-order valence-electron chi connectivity index (χ0n) is 17.5. The molecule has 1 unspecified atom stereocenters. The van der Waals surface area contributed by atoms with Gasteiger partial charge in [0, 0.05) is 29.6 Å². The Bertz CT molecular complexity index is 1110. The predicted octanol–water partition coefficient (Wildman–Crippen LogP) is 3.04. The van der Waals surface area contributed by atoms with Gasteiger partial charge in [-0.1, -0.05) is 0 Å². The summed E-state index contributed by atoms with van der Waals surface area (Å²) < 4.78 is 29.2. The van der Waals surface area contributed by atoms with E-state index in [1.54, 1.807) is 25.1 Å². The van der Waals surface area contributed by atoms with Gasteiger partial charge in [-0.05, 0) is 43.3 Å². The summed E-state index contributed by atoms with van der Waals surface area (Å²) in [5.41, 5.74) is 1.14. The topological polar surface area (TPSA) is 94.2 Å². The van der Waals surface area contributed by atoms with Crippen LogP contribution < -0.4 is 19.7 Å². The molecule has 1 atom stereocenters. The minimum Gasteiger partial charge on any atom is -0.486 e. The molecule has 0 bridgehead atoms. The van der Waals surface area contributed by atoms with Crippen molar-refractivity contribution in [2.45, 2.75) is 13.3 Å². The van der Waals surface area contributed by atoms with E-state index in [0.717, 1.165) is 0 Å². The highest BCUT2D eigenvalue weighted by Crippen LogP contribution is 2.36. The van der Waals surface area contributed by atoms with Gasteiger partial charge in [0.25, 0.3) is 0 Å². The Labute approximate surface area is 183 Å². The Hall–Kier alpha value is -3.88. The van der Waals surface area contributed by atoms with Gasteiger partial charge in [-0.25, -0.2) is 9.18 Å². The van der Waals surface area contributed by atoms with Gasteiger partial charge in [0.05, 0.1) is 18.6 Å². The summed E-state index contributed by atoms with van der Waals surface area (Å²) in [5, 5.41) is 2.74. The van der Waals surface area contributed by atoms with Crippen molar-refractivity contribution >= 4 is 29.2 Å². The van der Waals surface area contributed by atoms with Crippen molar-refractivity contribution < 1.29 is 33.0 Å². The van der Waals surface area contributed by atoms with Crippen molar-refractivity contribution in [3.63, 3.8) is 0 Å². The molecule has 8 nitrogen and oxygen atoms in total. The molecular formula is C23H21FN2O6. The summed E-state index contributed by atoms with van der Waals surface area (Å²) >= 11 is 0. The number of carbonyl (C=O) groups excluding carboxylic acids is 3. The Kier molecular flexibility index (Phi) is 5.81. The Morgan fingerprint density at radius 1 is 1.09 bits per heavy atom. The molecule has 0 radical (unpaired) electrons. The molecule has 0 saturated carbocycles. The molecule has 2 aliphatic rings. The van der Waals surface area contributed by atoms with Gasteiger partial charge < -0.3 is 19.5 Å². The van der Waals surface area contributed by atoms with Gasteiger partial charge in [0.2, 0.25) is 11.8 Å². The van der Waals surface area contributed by atoms with E-state index in [-0.39, 0.29) is 17.7 Å². The third kappa shape index (κ3) is 4.01. The van der Waals surface area contributed by atoms with Crippen LogP contribution in [0.2, 0.25) is 0 Å². The number of rotatable bonds is 4. The lowest BCUT2D eigenvalue weighted by Crippen LogP contribution is -2.43. The highest BCUT2D eigenvalue weighted by Gasteiger charge is 2.40. The second-order valence-corrected chi connectivity index (χ2v) is 7.30. The Balaban J connectivity index is 1.65. The molecule has 0 spiro atoms. The van der Waals surface area contributed by atoms with E-state index in [1.165, 1.54) is 36.3 Å². The lowest BCUT2D eigenvalue weighted by Gasteiger charge is -2.33. The van der Waals surface area contributed by atoms with Crippen LogP contribution in [-0.2, 0) is 19.1 Å². The molecule has 0 aliphatic carbocycles. The Morgan fingerprint density at radius 3 is 2.47 bits per heavy atom. The first-order chi connectivity index (χ1) is 15.4. The van der Waals surface area contributed by atoms with Gasteiger partial charge in [-0.2, -0.15) is 0 Å². The number of nitrogens with zero attached hydrogens (tertiary/aromatic N) is 1. The van der Waals surface area contributed by atoms with E-state index in [2.05, 4.69) is 5.32 Å². The van der Waals surface area contributed by atoms with E-state index in [1.807, 2.05) is 0 Å². The van der Waals surface area contributed by atoms with Crippen LogP contribution in [0, 0.1) is 11.7 Å². The van der Waals surface area contributed by atoms with Crippen molar-refractivity contribution in [1.82, 2.24) is 0 Å². The summed E-state index contributed by atoms with van der Waals surface area (Å²) in [6.45, 7) is 2.40. The number of hydrogen-bond acceptors (Lipinski definition) is 6. The summed E-state index contributed by atoms with van der Waals surface area (Å²) in [6.07, 6.45) is -0.254. The summed E-state index contributed by atoms with van der Waals surface area (Å²) in [4.78, 5) is 39.9. The number of anilines is 2. The van der Waals surface area contributed by atoms with Crippen molar-refractivity contribution in [2.75, 3.05) is 30.5 Å². The van der Waals surface area contributed by atoms with Crippen molar-refractivity contribution in [3.8, 4) is 11.5 Å². The maximum absolute atomic E-state index is 13.3. The first kappa shape index (κ1) is 21.4. The highest BCUT2D eigenvalue weighted by atomic mass is 19.1. The van der Waals surface area contributed by atoms with Crippen LogP contribution >= 0.6 is 0 Å². The minimum absolute atomic E-state index is 0.0615. The van der Waals surface area contributed by atoms with E-state index in [4.69, 9.17) is 14.2 Å². The molecule has 4 rings (SSSR count). The molecule has 2 aliphatic heterocycles. The van der Waals surface area contributed by atoms with Crippen LogP contribution in [0.4, 0.5) is 15.8 Å². The third-order valence-corrected chi connectivity index (χ3v) is 5.32. The number of esters is 1.